The number of rotatable bonds is 6. The fraction of sp³-hybridized carbons (Fsp3) is 0.600. The minimum atomic E-state index is -5.14. The van der Waals surface area contributed by atoms with E-state index in [9.17, 15) is 23.8 Å². The van der Waals surface area contributed by atoms with Crippen LogP contribution in [0.3, 0.4) is 0 Å². The molecule has 0 unspecified atom stereocenters. The van der Waals surface area contributed by atoms with Gasteiger partial charge in [0.15, 0.2) is 0 Å². The second-order valence-corrected chi connectivity index (χ2v) is 8.29. The van der Waals surface area contributed by atoms with Gasteiger partial charge >= 0.3 is 13.5 Å². The topological polar surface area (TPSA) is 212 Å². The van der Waals surface area contributed by atoms with Crippen LogP contribution in [0.4, 0.5) is 0 Å². The van der Waals surface area contributed by atoms with Crippen LogP contribution in [0.5, 0.6) is 0 Å². The van der Waals surface area contributed by atoms with E-state index < -0.39 is 51.6 Å². The lowest BCUT2D eigenvalue weighted by Gasteiger charge is -2.20. The molecule has 146 valence electrons. The Bertz CT molecular complexity index is 850. The van der Waals surface area contributed by atoms with Crippen molar-refractivity contribution >= 4 is 22.9 Å². The zero-order chi connectivity index (χ0) is 19.0. The second kappa shape index (κ2) is 8.30. The van der Waals surface area contributed by atoms with Crippen molar-refractivity contribution in [1.82, 2.24) is 15.7 Å². The van der Waals surface area contributed by atoms with Gasteiger partial charge in [0.1, 0.15) is 12.3 Å². The van der Waals surface area contributed by atoms with E-state index >= 15 is 0 Å². The molecule has 2 rings (SSSR count). The van der Waals surface area contributed by atoms with Crippen molar-refractivity contribution in [3.63, 3.8) is 0 Å². The van der Waals surface area contributed by atoms with Crippen molar-refractivity contribution in [2.75, 3.05) is 6.61 Å². The molecule has 1 aromatic heterocycles. The molecule has 26 heavy (non-hydrogen) atoms. The number of phosphoric acid groups is 1. The Morgan fingerprint density at radius 3 is 2.62 bits per heavy atom. The Labute approximate surface area is 148 Å². The summed E-state index contributed by atoms with van der Waals surface area (Å²) in [6, 6.07) is 0. The number of ether oxygens (including phenoxy) is 1. The highest BCUT2D eigenvalue weighted by atomic mass is 31.3. The first-order chi connectivity index (χ1) is 11.4. The van der Waals surface area contributed by atoms with E-state index in [1.807, 2.05) is 0 Å². The van der Waals surface area contributed by atoms with Crippen LogP contribution in [0.25, 0.3) is 0 Å². The predicted octanol–water partition coefficient (Wildman–Crippen LogP) is -0.942. The average molecular weight is 413 g/mol. The van der Waals surface area contributed by atoms with Crippen LogP contribution in [-0.4, -0.2) is 50.8 Å². The maximum absolute atomic E-state index is 11.8. The summed E-state index contributed by atoms with van der Waals surface area (Å²) in [6.07, 6.45) is -1.98. The summed E-state index contributed by atoms with van der Waals surface area (Å²) < 4.78 is 37.1. The Morgan fingerprint density at radius 1 is 1.42 bits per heavy atom. The zero-order valence-corrected chi connectivity index (χ0v) is 15.3. The van der Waals surface area contributed by atoms with Crippen LogP contribution in [-0.2, 0) is 22.7 Å². The first-order valence-electron chi connectivity index (χ1n) is 6.83. The van der Waals surface area contributed by atoms with E-state index in [1.165, 1.54) is 13.1 Å². The number of aryl methyl sites for hydroxylation is 1. The maximum atomic E-state index is 11.8. The summed E-state index contributed by atoms with van der Waals surface area (Å²) in [7, 11) is -4.70. The molecule has 0 aromatic carbocycles. The van der Waals surface area contributed by atoms with Crippen LogP contribution in [0.2, 0.25) is 0 Å². The Balaban J connectivity index is 0.00000338. The summed E-state index contributed by atoms with van der Waals surface area (Å²) in [6.45, 7) is 0.868. The molecule has 2 radical (unpaired) electrons. The van der Waals surface area contributed by atoms with E-state index in [0.29, 0.717) is 0 Å². The highest BCUT2D eigenvalue weighted by Crippen LogP contribution is 2.57. The van der Waals surface area contributed by atoms with Crippen LogP contribution >= 0.6 is 15.3 Å². The Kier molecular flexibility index (Phi) is 7.33. The molecule has 0 bridgehead atoms. The van der Waals surface area contributed by atoms with Gasteiger partial charge in [0, 0.05) is 18.2 Å². The number of aliphatic hydroxyl groups is 1. The predicted molar refractivity (Wildman–Crippen MR) is 88.1 cm³/mol. The molecular formula is C10H18BN3O10P2. The standard InChI is InChI=1S/C10H15BN2O10P2.H3N/c1-5-3-13(10(16)12-9(5)15)8-2-6(14)7(22-8)4-21-24(11,17)23-25(18,19)20;/h3,6-8,14H,2,4H2,1H3,(H,12,15,16)(H2,18,19,20);1H3/t6-,7+,8+,24+;/m0./s1. The lowest BCUT2D eigenvalue weighted by Crippen LogP contribution is -2.33. The lowest BCUT2D eigenvalue weighted by molar-refractivity contribution is -0.0417. The van der Waals surface area contributed by atoms with Crippen molar-refractivity contribution in [1.29, 1.82) is 0 Å². The molecule has 1 aliphatic rings. The molecule has 13 nitrogen and oxygen atoms in total. The summed E-state index contributed by atoms with van der Waals surface area (Å²) in [5, 5.41) is 9.95. The average Bonchev–Trinajstić information content (AvgIpc) is 2.79. The van der Waals surface area contributed by atoms with E-state index in [1.54, 1.807) is 0 Å². The largest absolute Gasteiger partial charge is 0.476 e. The molecule has 0 spiro atoms. The molecule has 2 heterocycles. The molecule has 0 saturated carbocycles. The molecule has 1 aromatic rings. The number of nitrogens with zero attached hydrogens (tertiary/aromatic N) is 1. The minimum absolute atomic E-state index is 0. The Morgan fingerprint density at radius 2 is 2.04 bits per heavy atom. The number of aliphatic hydroxyl groups excluding tert-OH is 1. The number of aromatic amines is 1. The highest BCUT2D eigenvalue weighted by Gasteiger charge is 2.38. The van der Waals surface area contributed by atoms with Crippen molar-refractivity contribution in [2.24, 2.45) is 0 Å². The molecule has 4 atom stereocenters. The number of aromatic nitrogens is 2. The van der Waals surface area contributed by atoms with Crippen LogP contribution in [0, 0.1) is 6.92 Å². The van der Waals surface area contributed by atoms with Gasteiger partial charge in [-0.25, -0.2) is 13.7 Å². The van der Waals surface area contributed by atoms with Crippen molar-refractivity contribution < 1.29 is 37.6 Å². The molecule has 0 aliphatic carbocycles. The number of nitrogens with one attached hydrogen (secondary N) is 1. The number of hydrogen-bond donors (Lipinski definition) is 5. The monoisotopic (exact) mass is 413 g/mol. The van der Waals surface area contributed by atoms with Crippen molar-refractivity contribution in [3.05, 3.63) is 32.6 Å². The van der Waals surface area contributed by atoms with E-state index in [2.05, 4.69) is 13.8 Å². The van der Waals surface area contributed by atoms with Crippen LogP contribution < -0.4 is 17.4 Å². The smallest absolute Gasteiger partial charge is 0.390 e. The fourth-order valence-corrected chi connectivity index (χ4v) is 3.91. The molecule has 7 N–H and O–H groups in total. The second-order valence-electron chi connectivity index (χ2n) is 5.32. The molecular weight excluding hydrogens is 395 g/mol. The van der Waals surface area contributed by atoms with Gasteiger partial charge in [0.25, 0.3) is 13.0 Å². The first-order valence-corrected chi connectivity index (χ1v) is 9.98. The summed E-state index contributed by atoms with van der Waals surface area (Å²) in [5.41, 5.74) is -1.05. The van der Waals surface area contributed by atoms with Crippen LogP contribution in [0.1, 0.15) is 18.2 Å². The highest BCUT2D eigenvalue weighted by molar-refractivity contribution is 7.83. The van der Waals surface area contributed by atoms with Crippen molar-refractivity contribution in [2.45, 2.75) is 31.8 Å². The third-order valence-corrected chi connectivity index (χ3v) is 5.57. The first kappa shape index (κ1) is 23.0. The maximum Gasteiger partial charge on any atom is 0.476 e. The van der Waals surface area contributed by atoms with Gasteiger partial charge in [0.2, 0.25) is 7.57 Å². The molecule has 16 heteroatoms. The third kappa shape index (κ3) is 5.98. The van der Waals surface area contributed by atoms with Gasteiger partial charge < -0.3 is 30.3 Å². The van der Waals surface area contributed by atoms with E-state index in [0.717, 1.165) is 4.57 Å². The Hall–Kier alpha value is -1.08. The normalized spacial score (nSPS) is 25.5. The number of hydrogen-bond acceptors (Lipinski definition) is 9. The minimum Gasteiger partial charge on any atom is -0.390 e. The van der Waals surface area contributed by atoms with Gasteiger partial charge in [0.05, 0.1) is 12.7 Å². The van der Waals surface area contributed by atoms with E-state index in [-0.39, 0.29) is 18.1 Å². The third-order valence-electron chi connectivity index (χ3n) is 3.30. The lowest BCUT2D eigenvalue weighted by atomic mass is 10.2. The van der Waals surface area contributed by atoms with Crippen molar-refractivity contribution in [3.8, 4) is 0 Å². The number of H-pyrrole nitrogens is 1. The van der Waals surface area contributed by atoms with Gasteiger partial charge in [-0.3, -0.25) is 18.9 Å². The molecule has 1 saturated heterocycles. The quantitative estimate of drug-likeness (QED) is 0.283. The molecule has 1 fully saturated rings. The SMILES string of the molecule is N.[B][P@@](=O)(OC[C@H]1O[C@@H](n2cc(C)c(=O)[nH]c2=O)C[C@@H]1O)OP(=O)(O)O. The van der Waals surface area contributed by atoms with Crippen LogP contribution in [0.15, 0.2) is 15.8 Å². The van der Waals surface area contributed by atoms with Gasteiger partial charge in [-0.1, -0.05) is 0 Å². The van der Waals surface area contributed by atoms with Gasteiger partial charge in [-0.2, -0.15) is 0 Å². The van der Waals surface area contributed by atoms with E-state index in [4.69, 9.17) is 22.1 Å². The summed E-state index contributed by atoms with van der Waals surface area (Å²) >= 11 is 0. The van der Waals surface area contributed by atoms with Gasteiger partial charge in [-0.15, -0.1) is 0 Å². The zero-order valence-electron chi connectivity index (χ0n) is 13.5. The molecule has 1 aliphatic heterocycles. The summed E-state index contributed by atoms with van der Waals surface area (Å²) in [5.74, 6) is 0. The summed E-state index contributed by atoms with van der Waals surface area (Å²) in [4.78, 5) is 42.4. The fourth-order valence-electron chi connectivity index (χ4n) is 2.19. The van der Waals surface area contributed by atoms with Gasteiger partial charge in [-0.05, 0) is 6.92 Å². The molecule has 0 amide bonds.